The van der Waals surface area contributed by atoms with Crippen molar-refractivity contribution in [1.29, 1.82) is 0 Å². The number of fused-ring (bicyclic) bond motifs is 2. The molecule has 3 rings (SSSR count). The maximum Gasteiger partial charge on any atom is -0.00239 e. The van der Waals surface area contributed by atoms with Gasteiger partial charge >= 0.3 is 0 Å². The summed E-state index contributed by atoms with van der Waals surface area (Å²) in [6, 6.07) is 0. The highest BCUT2D eigenvalue weighted by atomic mass is 14.3. The highest BCUT2D eigenvalue weighted by molar-refractivity contribution is 5.53. The molecule has 0 unspecified atom stereocenters. The molecule has 1 fully saturated rings. The van der Waals surface area contributed by atoms with Crippen molar-refractivity contribution in [3.8, 4) is 0 Å². The van der Waals surface area contributed by atoms with Crippen LogP contribution in [0.5, 0.6) is 0 Å². The van der Waals surface area contributed by atoms with Crippen molar-refractivity contribution in [2.75, 3.05) is 0 Å². The SMILES string of the molecule is CC1=C(C)C(CC2=C3CCCC(=C2C)C3)=CC1. The third-order valence-corrected chi connectivity index (χ3v) is 4.94. The van der Waals surface area contributed by atoms with Crippen molar-refractivity contribution in [3.05, 3.63) is 45.1 Å². The number of allylic oxidation sites excluding steroid dienone is 8. The van der Waals surface area contributed by atoms with E-state index in [0.717, 1.165) is 0 Å². The summed E-state index contributed by atoms with van der Waals surface area (Å²) in [4.78, 5) is 0. The van der Waals surface area contributed by atoms with E-state index in [-0.39, 0.29) is 0 Å². The molecular weight excluding hydrogens is 204 g/mol. The molecule has 1 saturated carbocycles. The summed E-state index contributed by atoms with van der Waals surface area (Å²) in [5, 5.41) is 0. The highest BCUT2D eigenvalue weighted by Crippen LogP contribution is 2.45. The van der Waals surface area contributed by atoms with Gasteiger partial charge in [0, 0.05) is 0 Å². The van der Waals surface area contributed by atoms with Gasteiger partial charge in [-0.3, -0.25) is 0 Å². The molecule has 0 aromatic heterocycles. The number of rotatable bonds is 2. The molecule has 2 bridgehead atoms. The zero-order valence-corrected chi connectivity index (χ0v) is 11.3. The van der Waals surface area contributed by atoms with E-state index in [0.29, 0.717) is 0 Å². The Labute approximate surface area is 105 Å². The Bertz CT molecular complexity index is 492. The van der Waals surface area contributed by atoms with E-state index in [9.17, 15) is 0 Å². The molecule has 0 amide bonds. The van der Waals surface area contributed by atoms with Crippen LogP contribution in [0, 0.1) is 0 Å². The maximum atomic E-state index is 2.44. The number of hydrogen-bond acceptors (Lipinski definition) is 0. The van der Waals surface area contributed by atoms with Crippen LogP contribution in [0.3, 0.4) is 0 Å². The Morgan fingerprint density at radius 3 is 2.41 bits per heavy atom. The van der Waals surface area contributed by atoms with Crippen molar-refractivity contribution in [3.63, 3.8) is 0 Å². The topological polar surface area (TPSA) is 0 Å². The van der Waals surface area contributed by atoms with Gasteiger partial charge in [-0.25, -0.2) is 0 Å². The van der Waals surface area contributed by atoms with Crippen LogP contribution < -0.4 is 0 Å². The smallest absolute Gasteiger partial charge is 0.00239 e. The van der Waals surface area contributed by atoms with E-state index in [4.69, 9.17) is 0 Å². The fourth-order valence-electron chi connectivity index (χ4n) is 3.52. The minimum absolute atomic E-state index is 1.18. The maximum absolute atomic E-state index is 2.44. The predicted octanol–water partition coefficient (Wildman–Crippen LogP) is 5.24. The molecule has 0 radical (unpaired) electrons. The average molecular weight is 226 g/mol. The lowest BCUT2D eigenvalue weighted by Gasteiger charge is -2.13. The fraction of sp³-hybridized carbons (Fsp3) is 0.529. The lowest BCUT2D eigenvalue weighted by molar-refractivity contribution is 0.721. The minimum Gasteiger partial charge on any atom is -0.0766 e. The van der Waals surface area contributed by atoms with E-state index in [2.05, 4.69) is 26.8 Å². The van der Waals surface area contributed by atoms with E-state index in [1.54, 1.807) is 39.0 Å². The van der Waals surface area contributed by atoms with E-state index >= 15 is 0 Å². The first-order chi connectivity index (χ1) is 8.16. The summed E-state index contributed by atoms with van der Waals surface area (Å²) in [6.07, 6.45) is 10.2. The van der Waals surface area contributed by atoms with Crippen molar-refractivity contribution in [2.45, 2.75) is 59.3 Å². The second-order valence-electron chi connectivity index (χ2n) is 5.86. The van der Waals surface area contributed by atoms with Crippen LogP contribution in [0.25, 0.3) is 0 Å². The lowest BCUT2D eigenvalue weighted by Crippen LogP contribution is -1.94. The fourth-order valence-corrected chi connectivity index (χ4v) is 3.52. The Kier molecular flexibility index (Phi) is 2.61. The molecule has 0 heteroatoms. The third kappa shape index (κ3) is 1.74. The first-order valence-electron chi connectivity index (χ1n) is 6.92. The molecule has 0 aromatic carbocycles. The number of hydrogen-bond donors (Lipinski definition) is 0. The first-order valence-corrected chi connectivity index (χ1v) is 6.92. The second kappa shape index (κ2) is 4.01. The lowest BCUT2D eigenvalue weighted by atomic mass is 9.93. The molecule has 0 aromatic rings. The van der Waals surface area contributed by atoms with Gasteiger partial charge in [-0.05, 0) is 81.6 Å². The standard InChI is InChI=1S/C17H22/c1-11-7-8-15(12(11)2)10-17-13(3)14-5-4-6-16(17)9-14/h8H,4-7,9-10H2,1-3H3. The van der Waals surface area contributed by atoms with Crippen molar-refractivity contribution < 1.29 is 0 Å². The van der Waals surface area contributed by atoms with Gasteiger partial charge in [-0.15, -0.1) is 0 Å². The molecule has 0 saturated heterocycles. The van der Waals surface area contributed by atoms with Crippen LogP contribution in [0.15, 0.2) is 45.1 Å². The summed E-state index contributed by atoms with van der Waals surface area (Å²) >= 11 is 0. The molecule has 0 atom stereocenters. The Hall–Kier alpha value is -1.04. The largest absolute Gasteiger partial charge is 0.0766 e. The Morgan fingerprint density at radius 2 is 1.76 bits per heavy atom. The zero-order chi connectivity index (χ0) is 12.0. The van der Waals surface area contributed by atoms with Crippen LogP contribution in [0.2, 0.25) is 0 Å². The molecule has 0 nitrogen and oxygen atoms in total. The van der Waals surface area contributed by atoms with Crippen LogP contribution >= 0.6 is 0 Å². The Morgan fingerprint density at radius 1 is 1.00 bits per heavy atom. The highest BCUT2D eigenvalue weighted by Gasteiger charge is 2.25. The molecule has 17 heavy (non-hydrogen) atoms. The Balaban J connectivity index is 1.88. The van der Waals surface area contributed by atoms with Gasteiger partial charge < -0.3 is 0 Å². The van der Waals surface area contributed by atoms with Crippen molar-refractivity contribution in [2.24, 2.45) is 0 Å². The minimum atomic E-state index is 1.18. The van der Waals surface area contributed by atoms with Gasteiger partial charge in [0.2, 0.25) is 0 Å². The molecular formula is C17H22. The zero-order valence-electron chi connectivity index (χ0n) is 11.3. The summed E-state index contributed by atoms with van der Waals surface area (Å²) < 4.78 is 0. The van der Waals surface area contributed by atoms with Gasteiger partial charge in [-0.2, -0.15) is 0 Å². The van der Waals surface area contributed by atoms with Gasteiger partial charge in [-0.1, -0.05) is 22.8 Å². The first kappa shape index (κ1) is 11.1. The normalized spacial score (nSPS) is 24.1. The van der Waals surface area contributed by atoms with Crippen LogP contribution in [0.1, 0.15) is 59.3 Å². The van der Waals surface area contributed by atoms with Crippen molar-refractivity contribution >= 4 is 0 Å². The van der Waals surface area contributed by atoms with Gasteiger partial charge in [0.25, 0.3) is 0 Å². The van der Waals surface area contributed by atoms with Crippen molar-refractivity contribution in [1.82, 2.24) is 0 Å². The predicted molar refractivity (Wildman–Crippen MR) is 73.9 cm³/mol. The summed E-state index contributed by atoms with van der Waals surface area (Å²) in [5.41, 5.74) is 11.5. The molecule has 0 aliphatic heterocycles. The molecule has 0 N–H and O–H groups in total. The van der Waals surface area contributed by atoms with Crippen LogP contribution in [-0.2, 0) is 0 Å². The molecule has 3 aliphatic rings. The molecule has 3 aliphatic carbocycles. The molecule has 0 heterocycles. The monoisotopic (exact) mass is 226 g/mol. The van der Waals surface area contributed by atoms with Gasteiger partial charge in [0.15, 0.2) is 0 Å². The summed E-state index contributed by atoms with van der Waals surface area (Å²) in [6.45, 7) is 6.92. The van der Waals surface area contributed by atoms with E-state index in [1.807, 2.05) is 0 Å². The van der Waals surface area contributed by atoms with Gasteiger partial charge in [0.1, 0.15) is 0 Å². The quantitative estimate of drug-likeness (QED) is 0.603. The van der Waals surface area contributed by atoms with Crippen LogP contribution in [-0.4, -0.2) is 0 Å². The average Bonchev–Trinajstić information content (AvgIpc) is 2.75. The van der Waals surface area contributed by atoms with Crippen LogP contribution in [0.4, 0.5) is 0 Å². The van der Waals surface area contributed by atoms with Gasteiger partial charge in [0.05, 0.1) is 0 Å². The second-order valence-corrected chi connectivity index (χ2v) is 5.86. The molecule has 90 valence electrons. The summed E-state index contributed by atoms with van der Waals surface area (Å²) in [7, 11) is 0. The summed E-state index contributed by atoms with van der Waals surface area (Å²) in [5.74, 6) is 0. The van der Waals surface area contributed by atoms with E-state index < -0.39 is 0 Å². The molecule has 0 spiro atoms. The third-order valence-electron chi connectivity index (χ3n) is 4.94. The van der Waals surface area contributed by atoms with E-state index in [1.165, 1.54) is 38.5 Å².